The number of amides is 2. The van der Waals surface area contributed by atoms with Crippen LogP contribution < -0.4 is 15.2 Å². The maximum absolute atomic E-state index is 13.4. The minimum Gasteiger partial charge on any atom is -0.494 e. The molecule has 0 radical (unpaired) electrons. The normalized spacial score (nSPS) is 15.8. The quantitative estimate of drug-likeness (QED) is 0.577. The molecule has 9 heteroatoms. The number of primary amides is 1. The Kier molecular flexibility index (Phi) is 8.10. The molecule has 1 fully saturated rings. The molecule has 0 aliphatic carbocycles. The van der Waals surface area contributed by atoms with E-state index < -0.39 is 16.1 Å². The van der Waals surface area contributed by atoms with Gasteiger partial charge in [-0.1, -0.05) is 30.3 Å². The van der Waals surface area contributed by atoms with Crippen molar-refractivity contribution in [2.45, 2.75) is 44.0 Å². The van der Waals surface area contributed by atoms with Gasteiger partial charge in [-0.15, -0.1) is 0 Å². The van der Waals surface area contributed by atoms with Crippen LogP contribution in [0.3, 0.4) is 0 Å². The van der Waals surface area contributed by atoms with Crippen LogP contribution in [0.5, 0.6) is 5.75 Å². The summed E-state index contributed by atoms with van der Waals surface area (Å²) in [6, 6.07) is 12.9. The SMILES string of the molecule is CCOc1ccc(S(=O)(=O)N[C@@H](Cc2ccccc2)C(=O)N2CCC(C(N)=O)CC2)cc1C. The first kappa shape index (κ1) is 24.7. The number of benzene rings is 2. The van der Waals surface area contributed by atoms with Crippen LogP contribution in [-0.2, 0) is 26.0 Å². The summed E-state index contributed by atoms with van der Waals surface area (Å²) in [5.74, 6) is -0.321. The van der Waals surface area contributed by atoms with Gasteiger partial charge in [0.1, 0.15) is 11.8 Å². The highest BCUT2D eigenvalue weighted by molar-refractivity contribution is 7.89. The molecule has 0 aromatic heterocycles. The zero-order valence-corrected chi connectivity index (χ0v) is 19.8. The molecule has 8 nitrogen and oxygen atoms in total. The number of piperidine rings is 1. The summed E-state index contributed by atoms with van der Waals surface area (Å²) in [7, 11) is -3.97. The third-order valence-electron chi connectivity index (χ3n) is 5.84. The van der Waals surface area contributed by atoms with Crippen LogP contribution in [0.2, 0.25) is 0 Å². The predicted octanol–water partition coefficient (Wildman–Crippen LogP) is 2.01. The number of carbonyl (C=O) groups excluding carboxylic acids is 2. The second kappa shape index (κ2) is 10.8. The van der Waals surface area contributed by atoms with E-state index >= 15 is 0 Å². The zero-order chi connectivity index (χ0) is 24.0. The molecule has 33 heavy (non-hydrogen) atoms. The highest BCUT2D eigenvalue weighted by Crippen LogP contribution is 2.23. The summed E-state index contributed by atoms with van der Waals surface area (Å²) >= 11 is 0. The van der Waals surface area contributed by atoms with Gasteiger partial charge >= 0.3 is 0 Å². The molecule has 1 heterocycles. The van der Waals surface area contributed by atoms with Crippen LogP contribution in [0, 0.1) is 12.8 Å². The Balaban J connectivity index is 1.82. The summed E-state index contributed by atoms with van der Waals surface area (Å²) in [6.07, 6.45) is 1.17. The lowest BCUT2D eigenvalue weighted by molar-refractivity contribution is -0.136. The van der Waals surface area contributed by atoms with E-state index in [1.165, 1.54) is 12.1 Å². The van der Waals surface area contributed by atoms with Crippen molar-refractivity contribution in [2.24, 2.45) is 11.7 Å². The maximum atomic E-state index is 13.4. The van der Waals surface area contributed by atoms with Gasteiger partial charge in [0.25, 0.3) is 0 Å². The average Bonchev–Trinajstić information content (AvgIpc) is 2.80. The Morgan fingerprint density at radius 1 is 1.15 bits per heavy atom. The molecule has 0 spiro atoms. The van der Waals surface area contributed by atoms with Gasteiger partial charge in [0.05, 0.1) is 11.5 Å². The molecule has 0 saturated carbocycles. The molecule has 1 atom stereocenters. The van der Waals surface area contributed by atoms with Gasteiger partial charge in [-0.05, 0) is 62.4 Å². The highest BCUT2D eigenvalue weighted by atomic mass is 32.2. The van der Waals surface area contributed by atoms with E-state index in [0.29, 0.717) is 43.9 Å². The Bertz CT molecular complexity index is 1080. The number of rotatable bonds is 9. The molecule has 0 bridgehead atoms. The van der Waals surface area contributed by atoms with Crippen LogP contribution in [-0.4, -0.2) is 50.9 Å². The van der Waals surface area contributed by atoms with Crippen molar-refractivity contribution in [3.63, 3.8) is 0 Å². The predicted molar refractivity (Wildman–Crippen MR) is 125 cm³/mol. The molecule has 178 valence electrons. The first-order valence-corrected chi connectivity index (χ1v) is 12.6. The van der Waals surface area contributed by atoms with Crippen LogP contribution in [0.1, 0.15) is 30.9 Å². The summed E-state index contributed by atoms with van der Waals surface area (Å²) in [5.41, 5.74) is 6.93. The third-order valence-corrected chi connectivity index (χ3v) is 7.31. The van der Waals surface area contributed by atoms with Crippen molar-refractivity contribution in [1.82, 2.24) is 9.62 Å². The average molecular weight is 474 g/mol. The summed E-state index contributed by atoms with van der Waals surface area (Å²) < 4.78 is 34.5. The topological polar surface area (TPSA) is 119 Å². The maximum Gasteiger partial charge on any atom is 0.241 e. The number of aryl methyl sites for hydroxylation is 1. The summed E-state index contributed by atoms with van der Waals surface area (Å²) in [5, 5.41) is 0. The Morgan fingerprint density at radius 2 is 1.82 bits per heavy atom. The number of nitrogens with zero attached hydrogens (tertiary/aromatic N) is 1. The molecule has 3 rings (SSSR count). The standard InChI is InChI=1S/C24H31N3O5S/c1-3-32-22-10-9-20(15-17(22)2)33(30,31)26-21(16-18-7-5-4-6-8-18)24(29)27-13-11-19(12-14-27)23(25)28/h4-10,15,19,21,26H,3,11-14,16H2,1-2H3,(H2,25,28)/t21-/m0/s1. The molecule has 2 amide bonds. The molecule has 1 aliphatic rings. The largest absolute Gasteiger partial charge is 0.494 e. The van der Waals surface area contributed by atoms with E-state index in [0.717, 1.165) is 5.56 Å². The van der Waals surface area contributed by atoms with E-state index in [-0.39, 0.29) is 29.0 Å². The molecule has 2 aromatic carbocycles. The first-order chi connectivity index (χ1) is 15.7. The minimum absolute atomic E-state index is 0.0711. The van der Waals surface area contributed by atoms with Gasteiger partial charge in [-0.25, -0.2) is 8.42 Å². The lowest BCUT2D eigenvalue weighted by Gasteiger charge is -2.33. The molecule has 1 saturated heterocycles. The molecule has 2 aromatic rings. The fourth-order valence-corrected chi connectivity index (χ4v) is 5.27. The number of nitrogens with one attached hydrogen (secondary N) is 1. The fourth-order valence-electron chi connectivity index (χ4n) is 4.00. The lowest BCUT2D eigenvalue weighted by Crippen LogP contribution is -2.52. The molecular weight excluding hydrogens is 442 g/mol. The second-order valence-electron chi connectivity index (χ2n) is 8.23. The van der Waals surface area contributed by atoms with Crippen LogP contribution in [0.15, 0.2) is 53.4 Å². The lowest BCUT2D eigenvalue weighted by atomic mass is 9.95. The van der Waals surface area contributed by atoms with Gasteiger partial charge in [0.2, 0.25) is 21.8 Å². The van der Waals surface area contributed by atoms with Crippen LogP contribution in [0.4, 0.5) is 0 Å². The molecule has 3 N–H and O–H groups in total. The van der Waals surface area contributed by atoms with Crippen molar-refractivity contribution in [2.75, 3.05) is 19.7 Å². The number of sulfonamides is 1. The van der Waals surface area contributed by atoms with Gasteiger partial charge in [-0.3, -0.25) is 9.59 Å². The fraction of sp³-hybridized carbons (Fsp3) is 0.417. The van der Waals surface area contributed by atoms with E-state index in [9.17, 15) is 18.0 Å². The van der Waals surface area contributed by atoms with Crippen molar-refractivity contribution < 1.29 is 22.7 Å². The van der Waals surface area contributed by atoms with Gasteiger partial charge in [-0.2, -0.15) is 4.72 Å². The monoisotopic (exact) mass is 473 g/mol. The van der Waals surface area contributed by atoms with Crippen LogP contribution >= 0.6 is 0 Å². The molecule has 1 aliphatic heterocycles. The van der Waals surface area contributed by atoms with Crippen molar-refractivity contribution in [3.8, 4) is 5.75 Å². The smallest absolute Gasteiger partial charge is 0.241 e. The van der Waals surface area contributed by atoms with Crippen molar-refractivity contribution >= 4 is 21.8 Å². The Labute approximate surface area is 195 Å². The summed E-state index contributed by atoms with van der Waals surface area (Å²) in [4.78, 5) is 26.5. The number of hydrogen-bond acceptors (Lipinski definition) is 5. The third kappa shape index (κ3) is 6.33. The summed E-state index contributed by atoms with van der Waals surface area (Å²) in [6.45, 7) is 4.84. The number of carbonyl (C=O) groups is 2. The Hall–Kier alpha value is -2.91. The zero-order valence-electron chi connectivity index (χ0n) is 19.0. The van der Waals surface area contributed by atoms with E-state index in [1.54, 1.807) is 17.9 Å². The van der Waals surface area contributed by atoms with E-state index in [2.05, 4.69) is 4.72 Å². The highest BCUT2D eigenvalue weighted by Gasteiger charge is 2.33. The number of likely N-dealkylation sites (tertiary alicyclic amines) is 1. The number of ether oxygens (including phenoxy) is 1. The van der Waals surface area contributed by atoms with Crippen molar-refractivity contribution in [3.05, 3.63) is 59.7 Å². The van der Waals surface area contributed by atoms with Crippen LogP contribution in [0.25, 0.3) is 0 Å². The first-order valence-electron chi connectivity index (χ1n) is 11.1. The van der Waals surface area contributed by atoms with Gasteiger partial charge in [0.15, 0.2) is 0 Å². The molecule has 0 unspecified atom stereocenters. The minimum atomic E-state index is -3.97. The van der Waals surface area contributed by atoms with Gasteiger partial charge < -0.3 is 15.4 Å². The number of nitrogens with two attached hydrogens (primary N) is 1. The Morgan fingerprint density at radius 3 is 2.39 bits per heavy atom. The molecular formula is C24H31N3O5S. The number of hydrogen-bond donors (Lipinski definition) is 2. The van der Waals surface area contributed by atoms with E-state index in [4.69, 9.17) is 10.5 Å². The second-order valence-corrected chi connectivity index (χ2v) is 9.94. The van der Waals surface area contributed by atoms with Crippen molar-refractivity contribution in [1.29, 1.82) is 0 Å². The van der Waals surface area contributed by atoms with E-state index in [1.807, 2.05) is 37.3 Å². The van der Waals surface area contributed by atoms with Gasteiger partial charge in [0, 0.05) is 19.0 Å².